The van der Waals surface area contributed by atoms with Crippen LogP contribution in [0, 0.1) is 5.92 Å². The summed E-state index contributed by atoms with van der Waals surface area (Å²) >= 11 is 0. The third-order valence-electron chi connectivity index (χ3n) is 2.38. The molecule has 0 radical (unpaired) electrons. The van der Waals surface area contributed by atoms with Gasteiger partial charge in [-0.15, -0.1) is 0 Å². The largest absolute Gasteiger partial charge is 0.481 e. The first-order chi connectivity index (χ1) is 7.28. The summed E-state index contributed by atoms with van der Waals surface area (Å²) in [5, 5.41) is 8.41. The van der Waals surface area contributed by atoms with Gasteiger partial charge >= 0.3 is 5.97 Å². The van der Waals surface area contributed by atoms with E-state index in [0.717, 1.165) is 6.42 Å². The van der Waals surface area contributed by atoms with Crippen molar-refractivity contribution in [2.45, 2.75) is 46.1 Å². The van der Waals surface area contributed by atoms with Crippen molar-refractivity contribution in [1.29, 1.82) is 0 Å². The summed E-state index contributed by atoms with van der Waals surface area (Å²) in [4.78, 5) is 10.3. The van der Waals surface area contributed by atoms with Gasteiger partial charge in [-0.05, 0) is 18.8 Å². The van der Waals surface area contributed by atoms with Crippen LogP contribution in [0.2, 0.25) is 0 Å². The minimum Gasteiger partial charge on any atom is -0.481 e. The molecule has 0 rings (SSSR count). The second kappa shape index (κ2) is 6.85. The number of sulfonamides is 1. The lowest BCUT2D eigenvalue weighted by molar-refractivity contribution is -0.137. The topological polar surface area (TPSA) is 83.5 Å². The first kappa shape index (κ1) is 15.4. The molecule has 5 nitrogen and oxygen atoms in total. The highest BCUT2D eigenvalue weighted by molar-refractivity contribution is 7.89. The smallest absolute Gasteiger partial charge is 0.303 e. The first-order valence-electron chi connectivity index (χ1n) is 5.50. The van der Waals surface area contributed by atoms with E-state index >= 15 is 0 Å². The molecular formula is C10H21NO4S. The summed E-state index contributed by atoms with van der Waals surface area (Å²) in [6, 6.07) is -0.0742. The molecule has 96 valence electrons. The standard InChI is InChI=1S/C10H21NO4S/c1-4-9(8(2)3)11-16(14,15)7-5-6-10(12)13/h8-9,11H,4-7H2,1-3H3,(H,12,13). The highest BCUT2D eigenvalue weighted by Gasteiger charge is 2.19. The molecule has 0 aliphatic rings. The Morgan fingerprint density at radius 2 is 1.94 bits per heavy atom. The van der Waals surface area contributed by atoms with Crippen molar-refractivity contribution in [1.82, 2.24) is 4.72 Å². The number of carboxylic acids is 1. The molecule has 2 N–H and O–H groups in total. The summed E-state index contributed by atoms with van der Waals surface area (Å²) in [5.74, 6) is -0.854. The van der Waals surface area contributed by atoms with Crippen LogP contribution in [0.25, 0.3) is 0 Å². The maximum atomic E-state index is 11.6. The van der Waals surface area contributed by atoms with Gasteiger partial charge in [0.2, 0.25) is 10.0 Å². The van der Waals surface area contributed by atoms with E-state index in [4.69, 9.17) is 5.11 Å². The molecule has 0 amide bonds. The zero-order valence-corrected chi connectivity index (χ0v) is 10.9. The fourth-order valence-electron chi connectivity index (χ4n) is 1.39. The summed E-state index contributed by atoms with van der Waals surface area (Å²) in [5.41, 5.74) is 0. The van der Waals surface area contributed by atoms with Crippen molar-refractivity contribution in [3.05, 3.63) is 0 Å². The van der Waals surface area contributed by atoms with Crippen LogP contribution in [0.5, 0.6) is 0 Å². The second-order valence-electron chi connectivity index (χ2n) is 4.19. The van der Waals surface area contributed by atoms with Crippen LogP contribution in [0.1, 0.15) is 40.0 Å². The number of rotatable bonds is 8. The Labute approximate surface area is 97.3 Å². The fraction of sp³-hybridized carbons (Fsp3) is 0.900. The maximum absolute atomic E-state index is 11.6. The highest BCUT2D eigenvalue weighted by Crippen LogP contribution is 2.07. The van der Waals surface area contributed by atoms with Crippen LogP contribution in [-0.2, 0) is 14.8 Å². The van der Waals surface area contributed by atoms with Crippen molar-refractivity contribution in [2.75, 3.05) is 5.75 Å². The Bertz CT molecular complexity index is 311. The Morgan fingerprint density at radius 3 is 2.31 bits per heavy atom. The lowest BCUT2D eigenvalue weighted by Crippen LogP contribution is -2.39. The molecule has 0 aromatic rings. The summed E-state index contributed by atoms with van der Waals surface area (Å²) < 4.78 is 25.8. The molecule has 0 spiro atoms. The Morgan fingerprint density at radius 1 is 1.38 bits per heavy atom. The lowest BCUT2D eigenvalue weighted by Gasteiger charge is -2.20. The van der Waals surface area contributed by atoms with Crippen LogP contribution in [-0.4, -0.2) is 31.3 Å². The van der Waals surface area contributed by atoms with Crippen LogP contribution < -0.4 is 4.72 Å². The van der Waals surface area contributed by atoms with Gasteiger partial charge in [-0.1, -0.05) is 20.8 Å². The summed E-state index contributed by atoms with van der Waals surface area (Å²) in [6.45, 7) is 5.83. The van der Waals surface area contributed by atoms with Gasteiger partial charge in [0.1, 0.15) is 0 Å². The molecule has 0 fully saturated rings. The number of aliphatic carboxylic acids is 1. The Balaban J connectivity index is 4.18. The van der Waals surface area contributed by atoms with E-state index in [-0.39, 0.29) is 30.6 Å². The predicted molar refractivity (Wildman–Crippen MR) is 62.7 cm³/mol. The van der Waals surface area contributed by atoms with Crippen LogP contribution in [0.3, 0.4) is 0 Å². The molecule has 0 saturated carbocycles. The lowest BCUT2D eigenvalue weighted by atomic mass is 10.0. The molecule has 6 heteroatoms. The minimum absolute atomic E-state index is 0.0742. The van der Waals surface area contributed by atoms with Crippen molar-refractivity contribution < 1.29 is 18.3 Å². The SMILES string of the molecule is CCC(NS(=O)(=O)CCCC(=O)O)C(C)C. The van der Waals surface area contributed by atoms with Gasteiger partial charge < -0.3 is 5.11 Å². The average molecular weight is 251 g/mol. The van der Waals surface area contributed by atoms with Crippen LogP contribution in [0.4, 0.5) is 0 Å². The fourth-order valence-corrected chi connectivity index (χ4v) is 2.94. The van der Waals surface area contributed by atoms with E-state index in [0.29, 0.717) is 0 Å². The molecule has 0 aliphatic carbocycles. The van der Waals surface area contributed by atoms with Crippen molar-refractivity contribution in [2.24, 2.45) is 5.92 Å². The normalized spacial score (nSPS) is 14.0. The third kappa shape index (κ3) is 6.79. The Hall–Kier alpha value is -0.620. The van der Waals surface area contributed by atoms with E-state index in [2.05, 4.69) is 4.72 Å². The second-order valence-corrected chi connectivity index (χ2v) is 6.07. The van der Waals surface area contributed by atoms with Gasteiger partial charge in [-0.3, -0.25) is 4.79 Å². The molecule has 0 aromatic carbocycles. The molecule has 0 bridgehead atoms. The number of carbonyl (C=O) groups is 1. The van der Waals surface area contributed by atoms with Gasteiger partial charge in [-0.2, -0.15) is 0 Å². The zero-order chi connectivity index (χ0) is 12.8. The van der Waals surface area contributed by atoms with Gasteiger partial charge in [-0.25, -0.2) is 13.1 Å². The molecule has 16 heavy (non-hydrogen) atoms. The van der Waals surface area contributed by atoms with Crippen molar-refractivity contribution >= 4 is 16.0 Å². The Kier molecular flexibility index (Phi) is 6.59. The number of hydrogen-bond acceptors (Lipinski definition) is 3. The quantitative estimate of drug-likeness (QED) is 0.679. The van der Waals surface area contributed by atoms with Gasteiger partial charge in [0.05, 0.1) is 5.75 Å². The highest BCUT2D eigenvalue weighted by atomic mass is 32.2. The van der Waals surface area contributed by atoms with Crippen LogP contribution in [0.15, 0.2) is 0 Å². The third-order valence-corrected chi connectivity index (χ3v) is 3.87. The molecule has 0 aliphatic heterocycles. The number of nitrogens with one attached hydrogen (secondary N) is 1. The monoisotopic (exact) mass is 251 g/mol. The summed E-state index contributed by atoms with van der Waals surface area (Å²) in [6.07, 6.45) is 0.772. The van der Waals surface area contributed by atoms with E-state index in [1.807, 2.05) is 20.8 Å². The summed E-state index contributed by atoms with van der Waals surface area (Å²) in [7, 11) is -3.35. The van der Waals surface area contributed by atoms with Crippen LogP contribution >= 0.6 is 0 Å². The van der Waals surface area contributed by atoms with Gasteiger partial charge in [0.25, 0.3) is 0 Å². The van der Waals surface area contributed by atoms with Gasteiger partial charge in [0, 0.05) is 12.5 Å². The molecular weight excluding hydrogens is 230 g/mol. The zero-order valence-electron chi connectivity index (χ0n) is 10.1. The molecule has 0 saturated heterocycles. The van der Waals surface area contributed by atoms with E-state index in [1.165, 1.54) is 0 Å². The van der Waals surface area contributed by atoms with Crippen molar-refractivity contribution in [3.8, 4) is 0 Å². The van der Waals surface area contributed by atoms with Gasteiger partial charge in [0.15, 0.2) is 0 Å². The van der Waals surface area contributed by atoms with E-state index < -0.39 is 16.0 Å². The van der Waals surface area contributed by atoms with E-state index in [1.54, 1.807) is 0 Å². The molecule has 0 aromatic heterocycles. The first-order valence-corrected chi connectivity index (χ1v) is 7.15. The number of carboxylic acid groups (broad SMARTS) is 1. The predicted octanol–water partition coefficient (Wildman–Crippen LogP) is 1.21. The molecule has 1 unspecified atom stereocenters. The average Bonchev–Trinajstić information content (AvgIpc) is 2.12. The molecule has 0 heterocycles. The minimum atomic E-state index is -3.35. The number of hydrogen-bond donors (Lipinski definition) is 2. The maximum Gasteiger partial charge on any atom is 0.303 e. The van der Waals surface area contributed by atoms with E-state index in [9.17, 15) is 13.2 Å². The molecule has 1 atom stereocenters. The van der Waals surface area contributed by atoms with Crippen molar-refractivity contribution in [3.63, 3.8) is 0 Å².